The van der Waals surface area contributed by atoms with Crippen molar-refractivity contribution in [2.24, 2.45) is 0 Å². The van der Waals surface area contributed by atoms with E-state index in [1.54, 1.807) is 4.90 Å². The highest BCUT2D eigenvalue weighted by Gasteiger charge is 2.34. The van der Waals surface area contributed by atoms with Crippen LogP contribution in [0.25, 0.3) is 11.5 Å². The molecule has 0 aliphatic carbocycles. The number of aryl methyl sites for hydroxylation is 1. The number of anilines is 1. The van der Waals surface area contributed by atoms with Crippen molar-refractivity contribution in [3.63, 3.8) is 0 Å². The summed E-state index contributed by atoms with van der Waals surface area (Å²) in [4.78, 5) is 18.8. The number of fused-ring (bicyclic) bond motifs is 1. The molecule has 0 unspecified atom stereocenters. The number of aromatic nitrogens is 2. The second-order valence-electron chi connectivity index (χ2n) is 6.95. The molecule has 0 radical (unpaired) electrons. The molecule has 3 aromatic rings. The van der Waals surface area contributed by atoms with Crippen LogP contribution in [0.15, 0.2) is 47.0 Å². The maximum atomic E-state index is 12.5. The molecule has 0 spiro atoms. The Morgan fingerprint density at radius 3 is 2.75 bits per heavy atom. The van der Waals surface area contributed by atoms with Gasteiger partial charge in [-0.25, -0.2) is 0 Å². The van der Waals surface area contributed by atoms with Crippen LogP contribution in [-0.2, 0) is 11.2 Å². The highest BCUT2D eigenvalue weighted by Crippen LogP contribution is 2.36. The maximum Gasteiger partial charge on any atom is 0.258 e. The van der Waals surface area contributed by atoms with Gasteiger partial charge in [-0.1, -0.05) is 24.2 Å². The van der Waals surface area contributed by atoms with E-state index in [4.69, 9.17) is 14.0 Å². The minimum absolute atomic E-state index is 0.0728. The standard InChI is InChI=1S/C21H19N3O4/c1-2-13-3-6-16(7-4-13)24-11-15(10-19(24)25)20-22-21(28-23-20)14-5-8-17-18(9-14)27-12-26-17/h3-9,15H,2,10-12H2,1H3/t15-/m0/s1. The number of carbonyl (C=O) groups excluding carboxylic acids is 1. The first-order chi connectivity index (χ1) is 13.7. The molecule has 28 heavy (non-hydrogen) atoms. The van der Waals surface area contributed by atoms with Crippen LogP contribution in [0.1, 0.15) is 30.7 Å². The summed E-state index contributed by atoms with van der Waals surface area (Å²) in [5.41, 5.74) is 2.92. The van der Waals surface area contributed by atoms with Gasteiger partial charge in [0, 0.05) is 30.1 Å². The zero-order valence-corrected chi connectivity index (χ0v) is 15.4. The van der Waals surface area contributed by atoms with Crippen LogP contribution < -0.4 is 14.4 Å². The monoisotopic (exact) mass is 377 g/mol. The summed E-state index contributed by atoms with van der Waals surface area (Å²) in [5.74, 6) is 2.30. The SMILES string of the molecule is CCc1ccc(N2C[C@@H](c3noc(-c4ccc5c(c4)OCO5)n3)CC2=O)cc1. The Hall–Kier alpha value is -3.35. The summed E-state index contributed by atoms with van der Waals surface area (Å²) in [6, 6.07) is 13.6. The number of ether oxygens (including phenoxy) is 2. The molecule has 1 aromatic heterocycles. The zero-order chi connectivity index (χ0) is 19.1. The van der Waals surface area contributed by atoms with E-state index in [2.05, 4.69) is 29.2 Å². The molecule has 7 heteroatoms. The lowest BCUT2D eigenvalue weighted by Gasteiger charge is -2.16. The Labute approximate surface area is 161 Å². The molecule has 0 N–H and O–H groups in total. The number of carbonyl (C=O) groups is 1. The van der Waals surface area contributed by atoms with Crippen LogP contribution in [0.4, 0.5) is 5.69 Å². The van der Waals surface area contributed by atoms with Crippen LogP contribution in [-0.4, -0.2) is 29.4 Å². The minimum atomic E-state index is -0.0927. The van der Waals surface area contributed by atoms with Crippen molar-refractivity contribution < 1.29 is 18.8 Å². The fourth-order valence-electron chi connectivity index (χ4n) is 3.59. The van der Waals surface area contributed by atoms with Crippen molar-refractivity contribution in [2.45, 2.75) is 25.7 Å². The molecule has 1 amide bonds. The summed E-state index contributed by atoms with van der Waals surface area (Å²) >= 11 is 0. The number of benzene rings is 2. The lowest BCUT2D eigenvalue weighted by atomic mass is 10.1. The van der Waals surface area contributed by atoms with Crippen LogP contribution >= 0.6 is 0 Å². The van der Waals surface area contributed by atoms with Crippen LogP contribution in [0, 0.1) is 0 Å². The summed E-state index contributed by atoms with van der Waals surface area (Å²) in [6.07, 6.45) is 1.35. The van der Waals surface area contributed by atoms with Gasteiger partial charge >= 0.3 is 0 Å². The Balaban J connectivity index is 1.35. The summed E-state index contributed by atoms with van der Waals surface area (Å²) in [6.45, 7) is 2.87. The van der Waals surface area contributed by atoms with E-state index in [0.717, 1.165) is 17.7 Å². The number of hydrogen-bond acceptors (Lipinski definition) is 6. The van der Waals surface area contributed by atoms with Crippen molar-refractivity contribution >= 4 is 11.6 Å². The molecule has 0 saturated carbocycles. The molecule has 1 saturated heterocycles. The zero-order valence-electron chi connectivity index (χ0n) is 15.4. The molecular formula is C21H19N3O4. The maximum absolute atomic E-state index is 12.5. The molecular weight excluding hydrogens is 358 g/mol. The summed E-state index contributed by atoms with van der Waals surface area (Å²) in [5, 5.41) is 4.12. The van der Waals surface area contributed by atoms with E-state index < -0.39 is 0 Å². The van der Waals surface area contributed by atoms with Gasteiger partial charge in [-0.3, -0.25) is 4.79 Å². The summed E-state index contributed by atoms with van der Waals surface area (Å²) < 4.78 is 16.2. The van der Waals surface area contributed by atoms with E-state index in [-0.39, 0.29) is 18.6 Å². The number of rotatable bonds is 4. The largest absolute Gasteiger partial charge is 0.454 e. The first-order valence-corrected chi connectivity index (χ1v) is 9.34. The lowest BCUT2D eigenvalue weighted by Crippen LogP contribution is -2.24. The first-order valence-electron chi connectivity index (χ1n) is 9.34. The van der Waals surface area contributed by atoms with Gasteiger partial charge in [0.1, 0.15) is 0 Å². The van der Waals surface area contributed by atoms with Gasteiger partial charge in [0.15, 0.2) is 17.3 Å². The van der Waals surface area contributed by atoms with E-state index >= 15 is 0 Å². The fraction of sp³-hybridized carbons (Fsp3) is 0.286. The second-order valence-corrected chi connectivity index (χ2v) is 6.95. The average Bonchev–Trinajstić information content (AvgIpc) is 3.46. The predicted molar refractivity (Wildman–Crippen MR) is 101 cm³/mol. The minimum Gasteiger partial charge on any atom is -0.454 e. The van der Waals surface area contributed by atoms with Gasteiger partial charge in [0.05, 0.1) is 0 Å². The van der Waals surface area contributed by atoms with Crippen LogP contribution in [0.3, 0.4) is 0 Å². The molecule has 2 aliphatic heterocycles. The molecule has 1 atom stereocenters. The van der Waals surface area contributed by atoms with Crippen LogP contribution in [0.2, 0.25) is 0 Å². The number of nitrogens with zero attached hydrogens (tertiary/aromatic N) is 3. The molecule has 2 aliphatic rings. The van der Waals surface area contributed by atoms with Crippen molar-refractivity contribution in [3.8, 4) is 23.0 Å². The van der Waals surface area contributed by atoms with E-state index in [1.807, 2.05) is 30.3 Å². The van der Waals surface area contributed by atoms with Gasteiger partial charge in [0.2, 0.25) is 12.7 Å². The van der Waals surface area contributed by atoms with Crippen molar-refractivity contribution in [3.05, 3.63) is 53.9 Å². The Morgan fingerprint density at radius 2 is 1.93 bits per heavy atom. The van der Waals surface area contributed by atoms with Crippen molar-refractivity contribution in [2.75, 3.05) is 18.2 Å². The van der Waals surface area contributed by atoms with Crippen molar-refractivity contribution in [1.29, 1.82) is 0 Å². The molecule has 7 nitrogen and oxygen atoms in total. The Morgan fingerprint density at radius 1 is 1.11 bits per heavy atom. The molecule has 142 valence electrons. The average molecular weight is 377 g/mol. The normalized spacial score (nSPS) is 18.1. The topological polar surface area (TPSA) is 77.7 Å². The van der Waals surface area contributed by atoms with E-state index in [9.17, 15) is 4.79 Å². The second kappa shape index (κ2) is 6.67. The van der Waals surface area contributed by atoms with Gasteiger partial charge in [-0.15, -0.1) is 0 Å². The smallest absolute Gasteiger partial charge is 0.258 e. The third-order valence-electron chi connectivity index (χ3n) is 5.21. The number of hydrogen-bond donors (Lipinski definition) is 0. The molecule has 2 aromatic carbocycles. The third kappa shape index (κ3) is 2.89. The molecule has 3 heterocycles. The van der Waals surface area contributed by atoms with Gasteiger partial charge in [0.25, 0.3) is 5.89 Å². The molecule has 5 rings (SSSR count). The van der Waals surface area contributed by atoms with Crippen molar-refractivity contribution in [1.82, 2.24) is 10.1 Å². The van der Waals surface area contributed by atoms with Crippen LogP contribution in [0.5, 0.6) is 11.5 Å². The van der Waals surface area contributed by atoms with E-state index in [0.29, 0.717) is 36.2 Å². The summed E-state index contributed by atoms with van der Waals surface area (Å²) in [7, 11) is 0. The third-order valence-corrected chi connectivity index (χ3v) is 5.21. The lowest BCUT2D eigenvalue weighted by molar-refractivity contribution is -0.117. The highest BCUT2D eigenvalue weighted by molar-refractivity contribution is 5.96. The fourth-order valence-corrected chi connectivity index (χ4v) is 3.59. The highest BCUT2D eigenvalue weighted by atomic mass is 16.7. The van der Waals surface area contributed by atoms with E-state index in [1.165, 1.54) is 5.56 Å². The Bertz CT molecular complexity index is 1030. The predicted octanol–water partition coefficient (Wildman–Crippen LogP) is 3.55. The quantitative estimate of drug-likeness (QED) is 0.692. The molecule has 1 fully saturated rings. The first kappa shape index (κ1) is 16.8. The number of amides is 1. The van der Waals surface area contributed by atoms with Gasteiger partial charge in [-0.2, -0.15) is 4.98 Å². The van der Waals surface area contributed by atoms with Gasteiger partial charge in [-0.05, 0) is 42.3 Å². The Kier molecular flexibility index (Phi) is 4.00. The molecule has 0 bridgehead atoms. The van der Waals surface area contributed by atoms with Gasteiger partial charge < -0.3 is 18.9 Å².